The number of rotatable bonds is 6. The van der Waals surface area contributed by atoms with Crippen molar-refractivity contribution in [2.75, 3.05) is 6.54 Å². The maximum atomic E-state index is 5.95. The molecule has 0 spiro atoms. The molecule has 2 aromatic rings. The molecule has 0 fully saturated rings. The van der Waals surface area contributed by atoms with Crippen LogP contribution in [0.1, 0.15) is 31.9 Å². The zero-order valence-electron chi connectivity index (χ0n) is 12.1. The van der Waals surface area contributed by atoms with E-state index in [0.717, 1.165) is 23.0 Å². The zero-order chi connectivity index (χ0) is 15.2. The lowest BCUT2D eigenvalue weighted by Crippen LogP contribution is -2.20. The first kappa shape index (κ1) is 16.3. The van der Waals surface area contributed by atoms with Gasteiger partial charge in [-0.1, -0.05) is 24.6 Å². The zero-order valence-corrected chi connectivity index (χ0v) is 14.4. The molecular weight excluding hydrogens is 352 g/mol. The van der Waals surface area contributed by atoms with E-state index in [0.29, 0.717) is 16.7 Å². The largest absolute Gasteiger partial charge is 0.437 e. The molecule has 1 atom stereocenters. The number of halogens is 2. The lowest BCUT2D eigenvalue weighted by Gasteiger charge is -2.17. The number of hydrogen-bond acceptors (Lipinski definition) is 3. The Hall–Kier alpha value is -1.10. The third-order valence-electron chi connectivity index (χ3n) is 3.07. The molecule has 0 aliphatic carbocycles. The molecule has 0 amide bonds. The van der Waals surface area contributed by atoms with E-state index < -0.39 is 0 Å². The van der Waals surface area contributed by atoms with Gasteiger partial charge in [0.2, 0.25) is 5.88 Å². The average molecular weight is 370 g/mol. The number of ether oxygens (including phenoxy) is 1. The summed E-state index contributed by atoms with van der Waals surface area (Å²) in [5, 5.41) is 4.11. The topological polar surface area (TPSA) is 34.2 Å². The molecule has 2 rings (SSSR count). The average Bonchev–Trinajstić information content (AvgIpc) is 2.48. The molecular formula is C16H18BrClN2O. The Morgan fingerprint density at radius 3 is 2.90 bits per heavy atom. The monoisotopic (exact) mass is 368 g/mol. The van der Waals surface area contributed by atoms with Crippen LogP contribution in [-0.2, 0) is 0 Å². The molecule has 1 aromatic heterocycles. The van der Waals surface area contributed by atoms with Gasteiger partial charge in [-0.15, -0.1) is 0 Å². The van der Waals surface area contributed by atoms with E-state index in [-0.39, 0.29) is 6.04 Å². The second kappa shape index (κ2) is 7.78. The highest BCUT2D eigenvalue weighted by molar-refractivity contribution is 9.10. The van der Waals surface area contributed by atoms with E-state index in [4.69, 9.17) is 16.3 Å². The molecule has 0 aliphatic rings. The summed E-state index contributed by atoms with van der Waals surface area (Å²) >= 11 is 9.40. The normalized spacial score (nSPS) is 12.2. The number of benzene rings is 1. The van der Waals surface area contributed by atoms with Crippen molar-refractivity contribution in [1.29, 1.82) is 0 Å². The van der Waals surface area contributed by atoms with Crippen LogP contribution in [-0.4, -0.2) is 11.5 Å². The van der Waals surface area contributed by atoms with Gasteiger partial charge in [0.05, 0.1) is 4.47 Å². The van der Waals surface area contributed by atoms with E-state index in [1.807, 2.05) is 18.2 Å². The highest BCUT2D eigenvalue weighted by atomic mass is 79.9. The second-order valence-corrected chi connectivity index (χ2v) is 6.04. The van der Waals surface area contributed by atoms with Gasteiger partial charge in [-0.25, -0.2) is 4.98 Å². The molecule has 1 aromatic carbocycles. The summed E-state index contributed by atoms with van der Waals surface area (Å²) in [5.41, 5.74) is 1.04. The van der Waals surface area contributed by atoms with Crippen LogP contribution in [0.15, 0.2) is 41.0 Å². The first-order valence-corrected chi connectivity index (χ1v) is 8.10. The number of hydrogen-bond donors (Lipinski definition) is 1. The molecule has 0 aliphatic heterocycles. The first-order chi connectivity index (χ1) is 10.1. The third-order valence-corrected chi connectivity index (χ3v) is 3.92. The van der Waals surface area contributed by atoms with Gasteiger partial charge in [-0.2, -0.15) is 0 Å². The van der Waals surface area contributed by atoms with Gasteiger partial charge < -0.3 is 10.1 Å². The van der Waals surface area contributed by atoms with Crippen LogP contribution >= 0.6 is 27.5 Å². The molecule has 1 N–H and O–H groups in total. The third kappa shape index (κ3) is 4.43. The van der Waals surface area contributed by atoms with Gasteiger partial charge in [0, 0.05) is 22.8 Å². The summed E-state index contributed by atoms with van der Waals surface area (Å²) < 4.78 is 6.75. The van der Waals surface area contributed by atoms with E-state index in [2.05, 4.69) is 40.1 Å². The van der Waals surface area contributed by atoms with Crippen molar-refractivity contribution in [3.8, 4) is 11.6 Å². The Morgan fingerprint density at radius 1 is 1.38 bits per heavy atom. The Morgan fingerprint density at radius 2 is 2.19 bits per heavy atom. The SMILES string of the molecule is CCCNC(C)c1cccnc1Oc1ccc(Cl)cc1Br. The van der Waals surface area contributed by atoms with Crippen molar-refractivity contribution >= 4 is 27.5 Å². The summed E-state index contributed by atoms with van der Waals surface area (Å²) in [6, 6.07) is 9.55. The number of pyridine rings is 1. The fourth-order valence-electron chi connectivity index (χ4n) is 1.95. The van der Waals surface area contributed by atoms with Crippen LogP contribution in [0.4, 0.5) is 0 Å². The van der Waals surface area contributed by atoms with Crippen LogP contribution in [0, 0.1) is 0 Å². The van der Waals surface area contributed by atoms with Crippen molar-refractivity contribution in [2.45, 2.75) is 26.3 Å². The Kier molecular flexibility index (Phi) is 6.03. The summed E-state index contributed by atoms with van der Waals surface area (Å²) in [4.78, 5) is 4.35. The van der Waals surface area contributed by atoms with Crippen LogP contribution in [0.5, 0.6) is 11.6 Å². The highest BCUT2D eigenvalue weighted by Gasteiger charge is 2.13. The maximum Gasteiger partial charge on any atom is 0.224 e. The van der Waals surface area contributed by atoms with Crippen LogP contribution in [0.3, 0.4) is 0 Å². The molecule has 1 heterocycles. The van der Waals surface area contributed by atoms with E-state index in [1.54, 1.807) is 18.3 Å². The quantitative estimate of drug-likeness (QED) is 0.745. The molecule has 0 radical (unpaired) electrons. The van der Waals surface area contributed by atoms with Crippen LogP contribution in [0.2, 0.25) is 5.02 Å². The van der Waals surface area contributed by atoms with Gasteiger partial charge in [0.25, 0.3) is 0 Å². The molecule has 0 bridgehead atoms. The van der Waals surface area contributed by atoms with Crippen LogP contribution in [0.25, 0.3) is 0 Å². The molecule has 3 nitrogen and oxygen atoms in total. The van der Waals surface area contributed by atoms with Gasteiger partial charge in [-0.3, -0.25) is 0 Å². The molecule has 0 saturated carbocycles. The standard InChI is InChI=1S/C16H18BrClN2O/c1-3-8-19-11(2)13-5-4-9-20-16(13)21-15-7-6-12(18)10-14(15)17/h4-7,9-11,19H,3,8H2,1-2H3. The van der Waals surface area contributed by atoms with Crippen molar-refractivity contribution in [3.63, 3.8) is 0 Å². The van der Waals surface area contributed by atoms with Crippen molar-refractivity contribution < 1.29 is 4.74 Å². The van der Waals surface area contributed by atoms with E-state index in [1.165, 1.54) is 0 Å². The van der Waals surface area contributed by atoms with E-state index in [9.17, 15) is 0 Å². The summed E-state index contributed by atoms with van der Waals surface area (Å²) in [6.45, 7) is 5.21. The Balaban J connectivity index is 2.23. The summed E-state index contributed by atoms with van der Waals surface area (Å²) in [6.07, 6.45) is 2.82. The smallest absolute Gasteiger partial charge is 0.224 e. The Labute approximate surface area is 138 Å². The second-order valence-electron chi connectivity index (χ2n) is 4.75. The van der Waals surface area contributed by atoms with Gasteiger partial charge in [-0.05, 0) is 60.1 Å². The lowest BCUT2D eigenvalue weighted by atomic mass is 10.1. The van der Waals surface area contributed by atoms with Crippen molar-refractivity contribution in [1.82, 2.24) is 10.3 Å². The van der Waals surface area contributed by atoms with Crippen molar-refractivity contribution in [2.24, 2.45) is 0 Å². The van der Waals surface area contributed by atoms with Crippen molar-refractivity contribution in [3.05, 3.63) is 51.6 Å². The highest BCUT2D eigenvalue weighted by Crippen LogP contribution is 2.33. The minimum atomic E-state index is 0.180. The van der Waals surface area contributed by atoms with Gasteiger partial charge in [0.15, 0.2) is 0 Å². The number of nitrogens with zero attached hydrogens (tertiary/aromatic N) is 1. The minimum absolute atomic E-state index is 0.180. The van der Waals surface area contributed by atoms with Gasteiger partial charge >= 0.3 is 0 Å². The predicted molar refractivity (Wildman–Crippen MR) is 90.2 cm³/mol. The number of nitrogens with one attached hydrogen (secondary N) is 1. The summed E-state index contributed by atoms with van der Waals surface area (Å²) in [7, 11) is 0. The molecule has 21 heavy (non-hydrogen) atoms. The maximum absolute atomic E-state index is 5.95. The molecule has 1 unspecified atom stereocenters. The predicted octanol–water partition coefficient (Wildman–Crippen LogP) is 5.35. The molecule has 112 valence electrons. The van der Waals surface area contributed by atoms with Crippen LogP contribution < -0.4 is 10.1 Å². The molecule has 5 heteroatoms. The number of aromatic nitrogens is 1. The fraction of sp³-hybridized carbons (Fsp3) is 0.312. The fourth-order valence-corrected chi connectivity index (χ4v) is 2.71. The summed E-state index contributed by atoms with van der Waals surface area (Å²) in [5.74, 6) is 1.30. The minimum Gasteiger partial charge on any atom is -0.437 e. The lowest BCUT2D eigenvalue weighted by molar-refractivity contribution is 0.440. The molecule has 0 saturated heterocycles. The van der Waals surface area contributed by atoms with E-state index >= 15 is 0 Å². The Bertz CT molecular complexity index is 607. The van der Waals surface area contributed by atoms with Gasteiger partial charge in [0.1, 0.15) is 5.75 Å². The first-order valence-electron chi connectivity index (χ1n) is 6.93.